The summed E-state index contributed by atoms with van der Waals surface area (Å²) in [5, 5.41) is 1.38. The average molecular weight is 191 g/mol. The van der Waals surface area contributed by atoms with Gasteiger partial charge in [-0.2, -0.15) is 0 Å². The first-order valence-corrected chi connectivity index (χ1v) is 5.58. The molecule has 2 heteroatoms. The quantitative estimate of drug-likeness (QED) is 0.682. The van der Waals surface area contributed by atoms with Crippen molar-refractivity contribution in [1.82, 2.24) is 4.98 Å². The molecule has 0 bridgehead atoms. The van der Waals surface area contributed by atoms with Gasteiger partial charge < -0.3 is 4.98 Å². The Morgan fingerprint density at radius 1 is 1.23 bits per heavy atom. The molecule has 0 aliphatic rings. The number of fused-ring (bicyclic) bond motifs is 1. The SMILES string of the molecule is CSc1cccc2[nH]c(C)c(C)c12. The van der Waals surface area contributed by atoms with E-state index in [0.717, 1.165) is 0 Å². The number of benzene rings is 1. The maximum absolute atomic E-state index is 3.39. The van der Waals surface area contributed by atoms with Gasteiger partial charge in [-0.3, -0.25) is 0 Å². The normalized spacial score (nSPS) is 11.0. The Labute approximate surface area is 82.5 Å². The first-order valence-electron chi connectivity index (χ1n) is 4.36. The van der Waals surface area contributed by atoms with Gasteiger partial charge in [0.05, 0.1) is 0 Å². The lowest BCUT2D eigenvalue weighted by Crippen LogP contribution is -1.75. The van der Waals surface area contributed by atoms with Crippen LogP contribution in [0.1, 0.15) is 11.3 Å². The van der Waals surface area contributed by atoms with Crippen LogP contribution in [-0.4, -0.2) is 11.2 Å². The predicted molar refractivity (Wildman–Crippen MR) is 59.6 cm³/mol. The van der Waals surface area contributed by atoms with Gasteiger partial charge in [0, 0.05) is 21.5 Å². The number of aryl methyl sites for hydroxylation is 2. The number of hydrogen-bond donors (Lipinski definition) is 1. The van der Waals surface area contributed by atoms with Crippen molar-refractivity contribution in [2.75, 3.05) is 6.26 Å². The molecule has 1 heterocycles. The monoisotopic (exact) mass is 191 g/mol. The maximum Gasteiger partial charge on any atom is 0.0470 e. The van der Waals surface area contributed by atoms with Crippen LogP contribution >= 0.6 is 11.8 Å². The zero-order chi connectivity index (χ0) is 9.42. The van der Waals surface area contributed by atoms with Crippen LogP contribution in [0.4, 0.5) is 0 Å². The van der Waals surface area contributed by atoms with E-state index < -0.39 is 0 Å². The minimum absolute atomic E-state index is 1.25. The zero-order valence-corrected chi connectivity index (χ0v) is 8.96. The van der Waals surface area contributed by atoms with Gasteiger partial charge in [0.1, 0.15) is 0 Å². The smallest absolute Gasteiger partial charge is 0.0470 e. The lowest BCUT2D eigenvalue weighted by Gasteiger charge is -1.99. The summed E-state index contributed by atoms with van der Waals surface area (Å²) in [7, 11) is 0. The molecule has 0 aliphatic heterocycles. The molecule has 2 aromatic rings. The van der Waals surface area contributed by atoms with Crippen molar-refractivity contribution in [2.24, 2.45) is 0 Å². The van der Waals surface area contributed by atoms with E-state index in [2.05, 4.69) is 43.3 Å². The number of H-pyrrole nitrogens is 1. The summed E-state index contributed by atoms with van der Waals surface area (Å²) in [5.41, 5.74) is 3.90. The fourth-order valence-corrected chi connectivity index (χ4v) is 2.36. The van der Waals surface area contributed by atoms with E-state index in [1.54, 1.807) is 11.8 Å². The third-order valence-electron chi connectivity index (χ3n) is 2.51. The molecule has 0 aliphatic carbocycles. The molecular weight excluding hydrogens is 178 g/mol. The van der Waals surface area contributed by atoms with Crippen molar-refractivity contribution in [3.8, 4) is 0 Å². The molecular formula is C11H13NS. The van der Waals surface area contributed by atoms with Crippen LogP contribution < -0.4 is 0 Å². The van der Waals surface area contributed by atoms with Crippen LogP contribution in [0.15, 0.2) is 23.1 Å². The number of aromatic nitrogens is 1. The first-order chi connectivity index (χ1) is 6.24. The third-order valence-corrected chi connectivity index (χ3v) is 3.29. The van der Waals surface area contributed by atoms with Gasteiger partial charge in [-0.25, -0.2) is 0 Å². The second kappa shape index (κ2) is 3.11. The number of rotatable bonds is 1. The van der Waals surface area contributed by atoms with Crippen molar-refractivity contribution in [3.05, 3.63) is 29.5 Å². The molecule has 1 aromatic carbocycles. The van der Waals surface area contributed by atoms with E-state index in [0.29, 0.717) is 0 Å². The highest BCUT2D eigenvalue weighted by Crippen LogP contribution is 2.30. The van der Waals surface area contributed by atoms with Gasteiger partial charge in [-0.1, -0.05) is 6.07 Å². The average Bonchev–Trinajstić information content (AvgIpc) is 2.43. The largest absolute Gasteiger partial charge is 0.358 e. The number of thioether (sulfide) groups is 1. The lowest BCUT2D eigenvalue weighted by molar-refractivity contribution is 1.25. The summed E-state index contributed by atoms with van der Waals surface area (Å²) in [6.45, 7) is 4.30. The molecule has 68 valence electrons. The Morgan fingerprint density at radius 3 is 2.69 bits per heavy atom. The maximum atomic E-state index is 3.39. The second-order valence-corrected chi connectivity index (χ2v) is 4.11. The molecule has 0 fully saturated rings. The van der Waals surface area contributed by atoms with Crippen LogP contribution in [-0.2, 0) is 0 Å². The van der Waals surface area contributed by atoms with E-state index >= 15 is 0 Å². The van der Waals surface area contributed by atoms with Crippen molar-refractivity contribution in [3.63, 3.8) is 0 Å². The van der Waals surface area contributed by atoms with E-state index in [4.69, 9.17) is 0 Å². The molecule has 13 heavy (non-hydrogen) atoms. The van der Waals surface area contributed by atoms with Gasteiger partial charge in [-0.05, 0) is 37.8 Å². The van der Waals surface area contributed by atoms with Gasteiger partial charge >= 0.3 is 0 Å². The van der Waals surface area contributed by atoms with E-state index in [9.17, 15) is 0 Å². The summed E-state index contributed by atoms with van der Waals surface area (Å²) in [6.07, 6.45) is 2.12. The standard InChI is InChI=1S/C11H13NS/c1-7-8(2)12-9-5-4-6-10(13-3)11(7)9/h4-6,12H,1-3H3. The van der Waals surface area contributed by atoms with Gasteiger partial charge in [0.25, 0.3) is 0 Å². The molecule has 0 atom stereocenters. The highest BCUT2D eigenvalue weighted by Gasteiger charge is 2.06. The highest BCUT2D eigenvalue weighted by atomic mass is 32.2. The van der Waals surface area contributed by atoms with Crippen LogP contribution in [0.5, 0.6) is 0 Å². The highest BCUT2D eigenvalue weighted by molar-refractivity contribution is 7.98. The summed E-state index contributed by atoms with van der Waals surface area (Å²) >= 11 is 1.81. The Balaban J connectivity index is 2.87. The first kappa shape index (κ1) is 8.70. The summed E-state index contributed by atoms with van der Waals surface area (Å²) < 4.78 is 0. The minimum Gasteiger partial charge on any atom is -0.358 e. The number of hydrogen-bond acceptors (Lipinski definition) is 1. The van der Waals surface area contributed by atoms with Gasteiger partial charge in [0.2, 0.25) is 0 Å². The Bertz CT molecular complexity index is 443. The van der Waals surface area contributed by atoms with Gasteiger partial charge in [0.15, 0.2) is 0 Å². The molecule has 0 saturated heterocycles. The molecule has 0 radical (unpaired) electrons. The molecule has 0 spiro atoms. The van der Waals surface area contributed by atoms with E-state index in [1.807, 2.05) is 0 Å². The van der Waals surface area contributed by atoms with Crippen molar-refractivity contribution in [2.45, 2.75) is 18.7 Å². The fourth-order valence-electron chi connectivity index (χ4n) is 1.68. The molecule has 1 nitrogen and oxygen atoms in total. The van der Waals surface area contributed by atoms with Gasteiger partial charge in [-0.15, -0.1) is 11.8 Å². The fraction of sp³-hybridized carbons (Fsp3) is 0.273. The predicted octanol–water partition coefficient (Wildman–Crippen LogP) is 3.51. The Morgan fingerprint density at radius 2 is 2.00 bits per heavy atom. The van der Waals surface area contributed by atoms with Crippen molar-refractivity contribution in [1.29, 1.82) is 0 Å². The minimum atomic E-state index is 1.25. The second-order valence-electron chi connectivity index (χ2n) is 3.26. The zero-order valence-electron chi connectivity index (χ0n) is 8.14. The molecule has 2 rings (SSSR count). The molecule has 0 amide bonds. The number of aromatic amines is 1. The Hall–Kier alpha value is -0.890. The van der Waals surface area contributed by atoms with Crippen LogP contribution in [0.2, 0.25) is 0 Å². The third kappa shape index (κ3) is 1.25. The summed E-state index contributed by atoms with van der Waals surface area (Å²) in [4.78, 5) is 4.75. The number of nitrogens with one attached hydrogen (secondary N) is 1. The van der Waals surface area contributed by atoms with Crippen LogP contribution in [0.3, 0.4) is 0 Å². The van der Waals surface area contributed by atoms with Crippen molar-refractivity contribution < 1.29 is 0 Å². The van der Waals surface area contributed by atoms with Crippen LogP contribution in [0, 0.1) is 13.8 Å². The molecule has 0 unspecified atom stereocenters. The molecule has 1 aromatic heterocycles. The Kier molecular flexibility index (Phi) is 2.08. The van der Waals surface area contributed by atoms with E-state index in [1.165, 1.54) is 27.1 Å². The van der Waals surface area contributed by atoms with Crippen molar-refractivity contribution >= 4 is 22.7 Å². The molecule has 1 N–H and O–H groups in total. The summed E-state index contributed by atoms with van der Waals surface area (Å²) in [5.74, 6) is 0. The van der Waals surface area contributed by atoms with E-state index in [-0.39, 0.29) is 0 Å². The summed E-state index contributed by atoms with van der Waals surface area (Å²) in [6, 6.07) is 6.41. The van der Waals surface area contributed by atoms with Crippen LogP contribution in [0.25, 0.3) is 10.9 Å². The molecule has 0 saturated carbocycles. The lowest BCUT2D eigenvalue weighted by atomic mass is 10.1. The topological polar surface area (TPSA) is 15.8 Å².